The largest absolute Gasteiger partial charge is 0.491 e. The van der Waals surface area contributed by atoms with E-state index >= 15 is 0 Å². The first-order valence-corrected chi connectivity index (χ1v) is 16.9. The molecule has 0 unspecified atom stereocenters. The fourth-order valence-corrected chi connectivity index (χ4v) is 4.92. The molecule has 0 aliphatic rings. The van der Waals surface area contributed by atoms with Crippen LogP contribution in [0.1, 0.15) is 40.7 Å². The number of rotatable bonds is 23. The van der Waals surface area contributed by atoms with Crippen LogP contribution in [0.3, 0.4) is 0 Å². The van der Waals surface area contributed by atoms with Crippen LogP contribution in [0.4, 0.5) is 4.39 Å². The first-order chi connectivity index (χ1) is 25.4. The summed E-state index contributed by atoms with van der Waals surface area (Å²) in [5.74, 6) is -3.97. The number of carboxylic acid groups (broad SMARTS) is 2. The third-order valence-corrected chi connectivity index (χ3v) is 7.73. The van der Waals surface area contributed by atoms with Crippen molar-refractivity contribution in [1.29, 1.82) is 0 Å². The van der Waals surface area contributed by atoms with Crippen molar-refractivity contribution in [1.82, 2.24) is 21.3 Å². The van der Waals surface area contributed by atoms with E-state index in [0.29, 0.717) is 29.9 Å². The van der Waals surface area contributed by atoms with E-state index < -0.39 is 73.5 Å². The molecule has 0 radical (unpaired) electrons. The number of amides is 4. The number of carboxylic acids is 2. The molecule has 0 bridgehead atoms. The lowest BCUT2D eigenvalue weighted by Crippen LogP contribution is -2.49. The van der Waals surface area contributed by atoms with E-state index in [1.165, 1.54) is 36.4 Å². The van der Waals surface area contributed by atoms with Crippen molar-refractivity contribution in [2.24, 2.45) is 5.73 Å². The van der Waals surface area contributed by atoms with Gasteiger partial charge in [0.2, 0.25) is 11.8 Å². The quantitative estimate of drug-likeness (QED) is 0.0687. The highest BCUT2D eigenvalue weighted by atomic mass is 19.1. The van der Waals surface area contributed by atoms with Crippen molar-refractivity contribution < 1.29 is 52.8 Å². The standard InChI is InChI=1S/C37H44FN5O10/c38-17-19-52-27-15-11-26(12-16-27)34(46)41-22-32(44)43-31(37(50)51)21-25-9-13-28(14-10-25)53-23-33(45)42-30(20-24-6-2-1-3-7-24)35(47)40-18-5-4-8-29(39)36(48)49/h1-3,6-7,9-16,29-31H,4-5,8,17-23,39H2,(H,40,47)(H,41,46)(H,42,45)(H,43,44)(H,48,49)(H,50,51)/t29-,30-,31-/m0/s1. The van der Waals surface area contributed by atoms with Crippen LogP contribution in [0.15, 0.2) is 78.9 Å². The van der Waals surface area contributed by atoms with Crippen LogP contribution in [-0.4, -0.2) is 96.9 Å². The van der Waals surface area contributed by atoms with Crippen LogP contribution < -0.4 is 36.5 Å². The van der Waals surface area contributed by atoms with Crippen molar-refractivity contribution in [3.8, 4) is 11.5 Å². The van der Waals surface area contributed by atoms with Gasteiger partial charge in [-0.1, -0.05) is 42.5 Å². The Morgan fingerprint density at radius 3 is 1.94 bits per heavy atom. The topological polar surface area (TPSA) is 235 Å². The second kappa shape index (κ2) is 22.0. The number of alkyl halides is 1. The molecule has 16 heteroatoms. The maximum absolute atomic E-state index is 13.0. The molecule has 0 aromatic heterocycles. The summed E-state index contributed by atoms with van der Waals surface area (Å²) in [4.78, 5) is 73.4. The second-order valence-corrected chi connectivity index (χ2v) is 11.9. The molecule has 53 heavy (non-hydrogen) atoms. The van der Waals surface area contributed by atoms with Crippen LogP contribution >= 0.6 is 0 Å². The Balaban J connectivity index is 1.47. The third-order valence-electron chi connectivity index (χ3n) is 7.73. The number of benzene rings is 3. The minimum absolute atomic E-state index is 0.0846. The van der Waals surface area contributed by atoms with Gasteiger partial charge in [0, 0.05) is 24.9 Å². The van der Waals surface area contributed by atoms with E-state index in [2.05, 4.69) is 21.3 Å². The van der Waals surface area contributed by atoms with Gasteiger partial charge in [0.05, 0.1) is 6.54 Å². The summed E-state index contributed by atoms with van der Waals surface area (Å²) in [6.45, 7) is -1.40. The molecule has 284 valence electrons. The van der Waals surface area contributed by atoms with E-state index in [4.69, 9.17) is 20.3 Å². The Bertz CT molecular complexity index is 1660. The second-order valence-electron chi connectivity index (χ2n) is 11.9. The number of carbonyl (C=O) groups excluding carboxylic acids is 4. The average molecular weight is 738 g/mol. The fourth-order valence-electron chi connectivity index (χ4n) is 4.92. The first kappa shape index (κ1) is 41.4. The molecule has 3 aromatic carbocycles. The summed E-state index contributed by atoms with van der Waals surface area (Å²) in [5, 5.41) is 28.8. The van der Waals surface area contributed by atoms with Crippen LogP contribution in [-0.2, 0) is 36.8 Å². The van der Waals surface area contributed by atoms with E-state index in [1.54, 1.807) is 12.1 Å². The zero-order valence-electron chi connectivity index (χ0n) is 28.9. The Morgan fingerprint density at radius 2 is 1.30 bits per heavy atom. The summed E-state index contributed by atoms with van der Waals surface area (Å²) < 4.78 is 23.0. The lowest BCUT2D eigenvalue weighted by molar-refractivity contribution is -0.141. The van der Waals surface area contributed by atoms with Crippen LogP contribution in [0.2, 0.25) is 0 Å². The Morgan fingerprint density at radius 1 is 0.698 bits per heavy atom. The molecule has 0 aliphatic carbocycles. The minimum atomic E-state index is -1.31. The van der Waals surface area contributed by atoms with Gasteiger partial charge in [-0.05, 0) is 66.8 Å². The number of nitrogens with one attached hydrogen (secondary N) is 4. The lowest BCUT2D eigenvalue weighted by atomic mass is 10.0. The summed E-state index contributed by atoms with van der Waals surface area (Å²) in [5.41, 5.74) is 7.10. The highest BCUT2D eigenvalue weighted by Gasteiger charge is 2.23. The summed E-state index contributed by atoms with van der Waals surface area (Å²) >= 11 is 0. The molecular formula is C37H44FN5O10. The molecule has 0 heterocycles. The van der Waals surface area contributed by atoms with Gasteiger partial charge >= 0.3 is 11.9 Å². The first-order valence-electron chi connectivity index (χ1n) is 16.9. The molecule has 0 spiro atoms. The number of unbranched alkanes of at least 4 members (excludes halogenated alkanes) is 1. The highest BCUT2D eigenvalue weighted by Crippen LogP contribution is 2.15. The predicted octanol–water partition coefficient (Wildman–Crippen LogP) is 1.38. The normalized spacial score (nSPS) is 12.3. The maximum Gasteiger partial charge on any atom is 0.326 e. The summed E-state index contributed by atoms with van der Waals surface area (Å²) in [6.07, 6.45) is 1.41. The molecular weight excluding hydrogens is 693 g/mol. The number of carbonyl (C=O) groups is 6. The molecule has 8 N–H and O–H groups in total. The lowest BCUT2D eigenvalue weighted by Gasteiger charge is -2.19. The molecule has 3 aromatic rings. The maximum atomic E-state index is 13.0. The zero-order chi connectivity index (χ0) is 38.6. The molecule has 0 aliphatic heterocycles. The van der Waals surface area contributed by atoms with Crippen LogP contribution in [0.5, 0.6) is 11.5 Å². The van der Waals surface area contributed by atoms with Gasteiger partial charge in [0.15, 0.2) is 6.61 Å². The third kappa shape index (κ3) is 15.4. The number of hydrogen-bond acceptors (Lipinski definition) is 9. The van der Waals surface area contributed by atoms with E-state index in [1.807, 2.05) is 30.3 Å². The van der Waals surface area contributed by atoms with Crippen molar-refractivity contribution in [3.05, 3.63) is 95.6 Å². The van der Waals surface area contributed by atoms with Gasteiger partial charge in [-0.15, -0.1) is 0 Å². The van der Waals surface area contributed by atoms with Gasteiger partial charge in [0.1, 0.15) is 42.9 Å². The van der Waals surface area contributed by atoms with Gasteiger partial charge < -0.3 is 46.7 Å². The number of hydrogen-bond donors (Lipinski definition) is 7. The van der Waals surface area contributed by atoms with Crippen LogP contribution in [0.25, 0.3) is 0 Å². The van der Waals surface area contributed by atoms with E-state index in [-0.39, 0.29) is 38.0 Å². The number of aliphatic carboxylic acids is 2. The van der Waals surface area contributed by atoms with Crippen molar-refractivity contribution in [2.45, 2.75) is 50.2 Å². The van der Waals surface area contributed by atoms with Gasteiger partial charge in [-0.2, -0.15) is 0 Å². The number of ether oxygens (including phenoxy) is 2. The predicted molar refractivity (Wildman–Crippen MR) is 190 cm³/mol. The number of halogens is 1. The van der Waals surface area contributed by atoms with Gasteiger partial charge in [-0.25, -0.2) is 9.18 Å². The van der Waals surface area contributed by atoms with E-state index in [9.17, 15) is 38.3 Å². The molecule has 3 rings (SSSR count). The van der Waals surface area contributed by atoms with Crippen LogP contribution in [0, 0.1) is 0 Å². The molecule has 0 saturated carbocycles. The highest BCUT2D eigenvalue weighted by molar-refractivity contribution is 5.97. The Hall–Kier alpha value is -6.03. The van der Waals surface area contributed by atoms with Gasteiger partial charge in [0.25, 0.3) is 11.8 Å². The Labute approximate surface area is 305 Å². The SMILES string of the molecule is N[C@@H](CCCCNC(=O)[C@H](Cc1ccccc1)NC(=O)COc1ccc(C[C@H](NC(=O)CNC(=O)c2ccc(OCCF)cc2)C(=O)O)cc1)C(=O)O. The number of nitrogens with two attached hydrogens (primary N) is 1. The summed E-state index contributed by atoms with van der Waals surface area (Å²) in [6, 6.07) is 18.0. The molecule has 3 atom stereocenters. The minimum Gasteiger partial charge on any atom is -0.491 e. The molecule has 15 nitrogen and oxygen atoms in total. The van der Waals surface area contributed by atoms with Crippen molar-refractivity contribution >= 4 is 35.6 Å². The molecule has 0 fully saturated rings. The zero-order valence-corrected chi connectivity index (χ0v) is 28.9. The van der Waals surface area contributed by atoms with Crippen molar-refractivity contribution in [2.75, 3.05) is 33.0 Å². The smallest absolute Gasteiger partial charge is 0.326 e. The fraction of sp³-hybridized carbons (Fsp3) is 0.351. The average Bonchev–Trinajstić information content (AvgIpc) is 3.15. The van der Waals surface area contributed by atoms with Crippen molar-refractivity contribution in [3.63, 3.8) is 0 Å². The molecule has 0 saturated heterocycles. The molecule has 4 amide bonds. The monoisotopic (exact) mass is 737 g/mol. The van der Waals surface area contributed by atoms with E-state index in [0.717, 1.165) is 5.56 Å². The van der Waals surface area contributed by atoms with Gasteiger partial charge in [-0.3, -0.25) is 24.0 Å². The summed E-state index contributed by atoms with van der Waals surface area (Å²) in [7, 11) is 0. The Kier molecular flexibility index (Phi) is 17.2.